The van der Waals surface area contributed by atoms with E-state index in [0.717, 1.165) is 29.2 Å². The summed E-state index contributed by atoms with van der Waals surface area (Å²) >= 11 is 0. The van der Waals surface area contributed by atoms with E-state index >= 15 is 0 Å². The van der Waals surface area contributed by atoms with Crippen molar-refractivity contribution in [3.05, 3.63) is 65.2 Å². The molecule has 1 aliphatic rings. The predicted molar refractivity (Wildman–Crippen MR) is 145 cm³/mol. The fraction of sp³-hybridized carbons (Fsp3) is 0.567. The highest BCUT2D eigenvalue weighted by Crippen LogP contribution is 2.28. The van der Waals surface area contributed by atoms with Crippen LogP contribution in [0.5, 0.6) is 5.75 Å². The normalized spacial score (nSPS) is 16.4. The van der Waals surface area contributed by atoms with Crippen LogP contribution < -0.4 is 10.1 Å². The van der Waals surface area contributed by atoms with Gasteiger partial charge in [-0.25, -0.2) is 4.79 Å². The molecule has 0 bridgehead atoms. The largest absolute Gasteiger partial charge is 0.497 e. The van der Waals surface area contributed by atoms with E-state index in [9.17, 15) is 15.0 Å². The molecule has 2 atom stereocenters. The first-order chi connectivity index (χ1) is 17.2. The number of aliphatic hydroxyl groups is 1. The summed E-state index contributed by atoms with van der Waals surface area (Å²) in [6.45, 7) is 6.47. The fourth-order valence-corrected chi connectivity index (χ4v) is 5.46. The monoisotopic (exact) mass is 496 g/mol. The van der Waals surface area contributed by atoms with Crippen molar-refractivity contribution in [2.75, 3.05) is 13.7 Å². The average Bonchev–Trinajstić information content (AvgIpc) is 2.83. The number of ether oxygens (including phenoxy) is 1. The predicted octanol–water partition coefficient (Wildman–Crippen LogP) is 5.66. The van der Waals surface area contributed by atoms with Crippen molar-refractivity contribution in [1.29, 1.82) is 0 Å². The van der Waals surface area contributed by atoms with Crippen LogP contribution in [0.25, 0.3) is 0 Å². The maximum absolute atomic E-state index is 12.4. The topological polar surface area (TPSA) is 82.0 Å². The molecule has 2 aromatic carbocycles. The van der Waals surface area contributed by atoms with Gasteiger partial charge in [0.05, 0.1) is 19.3 Å². The Balaban J connectivity index is 1.73. The lowest BCUT2D eigenvalue weighted by Crippen LogP contribution is -2.58. The Morgan fingerprint density at radius 2 is 1.72 bits per heavy atom. The molecule has 0 aromatic heterocycles. The lowest BCUT2D eigenvalue weighted by Gasteiger charge is -2.42. The van der Waals surface area contributed by atoms with Gasteiger partial charge in [-0.2, -0.15) is 0 Å². The molecule has 0 radical (unpaired) electrons. The van der Waals surface area contributed by atoms with Crippen molar-refractivity contribution in [2.24, 2.45) is 5.92 Å². The number of nitrogens with zero attached hydrogens (tertiary/aromatic N) is 1. The van der Waals surface area contributed by atoms with Crippen LogP contribution in [0.4, 0.5) is 4.79 Å². The zero-order chi connectivity index (χ0) is 26.1. The number of aliphatic hydroxyl groups excluding tert-OH is 1. The Bertz CT molecular complexity index is 965. The summed E-state index contributed by atoms with van der Waals surface area (Å²) in [6, 6.07) is 15.7. The summed E-state index contributed by atoms with van der Waals surface area (Å²) in [7, 11) is 1.64. The minimum atomic E-state index is -1.02. The van der Waals surface area contributed by atoms with Crippen molar-refractivity contribution in [3.63, 3.8) is 0 Å². The number of methoxy groups -OCH3 is 1. The van der Waals surface area contributed by atoms with Crippen LogP contribution in [0.15, 0.2) is 48.5 Å². The summed E-state index contributed by atoms with van der Waals surface area (Å²) in [4.78, 5) is 13.8. The average molecular weight is 497 g/mol. The molecule has 0 saturated heterocycles. The van der Waals surface area contributed by atoms with E-state index in [1.54, 1.807) is 7.11 Å². The number of hydrogen-bond donors (Lipinski definition) is 3. The zero-order valence-corrected chi connectivity index (χ0v) is 22.4. The molecule has 6 nitrogen and oxygen atoms in total. The van der Waals surface area contributed by atoms with Crippen LogP contribution in [0.1, 0.15) is 69.6 Å². The van der Waals surface area contributed by atoms with Gasteiger partial charge in [0.25, 0.3) is 0 Å². The molecule has 198 valence electrons. The van der Waals surface area contributed by atoms with Gasteiger partial charge in [0.1, 0.15) is 5.75 Å². The molecule has 0 unspecified atom stereocenters. The third-order valence-electron chi connectivity index (χ3n) is 7.21. The Morgan fingerprint density at radius 1 is 1.06 bits per heavy atom. The van der Waals surface area contributed by atoms with Gasteiger partial charge in [-0.15, -0.1) is 0 Å². The number of hydrogen-bond acceptors (Lipinski definition) is 4. The van der Waals surface area contributed by atoms with Gasteiger partial charge in [-0.05, 0) is 68.4 Å². The maximum Gasteiger partial charge on any atom is 0.408 e. The smallest absolute Gasteiger partial charge is 0.408 e. The van der Waals surface area contributed by atoms with Crippen LogP contribution in [-0.4, -0.2) is 52.5 Å². The maximum atomic E-state index is 12.4. The van der Waals surface area contributed by atoms with E-state index < -0.39 is 23.8 Å². The molecule has 1 saturated carbocycles. The van der Waals surface area contributed by atoms with E-state index in [1.807, 2.05) is 45.0 Å². The van der Waals surface area contributed by atoms with Crippen molar-refractivity contribution < 1.29 is 19.7 Å². The summed E-state index contributed by atoms with van der Waals surface area (Å²) in [6.07, 6.45) is 6.23. The zero-order valence-electron chi connectivity index (χ0n) is 22.4. The third kappa shape index (κ3) is 8.24. The van der Waals surface area contributed by atoms with Crippen LogP contribution in [0, 0.1) is 5.92 Å². The second kappa shape index (κ2) is 13.1. The molecule has 0 aliphatic heterocycles. The van der Waals surface area contributed by atoms with Gasteiger partial charge in [0, 0.05) is 18.6 Å². The van der Waals surface area contributed by atoms with Gasteiger partial charge < -0.3 is 20.3 Å². The second-order valence-corrected chi connectivity index (χ2v) is 11.2. The number of carboxylic acid groups (broad SMARTS) is 1. The lowest BCUT2D eigenvalue weighted by molar-refractivity contribution is 0.00770. The van der Waals surface area contributed by atoms with Crippen LogP contribution in [-0.2, 0) is 19.4 Å². The first-order valence-electron chi connectivity index (χ1n) is 13.3. The Labute approximate surface area is 216 Å². The van der Waals surface area contributed by atoms with Gasteiger partial charge >= 0.3 is 6.09 Å². The molecular weight excluding hydrogens is 452 g/mol. The van der Waals surface area contributed by atoms with E-state index in [-0.39, 0.29) is 6.54 Å². The van der Waals surface area contributed by atoms with E-state index in [4.69, 9.17) is 4.74 Å². The van der Waals surface area contributed by atoms with Crippen molar-refractivity contribution in [2.45, 2.75) is 89.9 Å². The number of carbonyl (C=O) groups is 1. The van der Waals surface area contributed by atoms with Gasteiger partial charge in [0.15, 0.2) is 0 Å². The molecule has 1 amide bonds. The van der Waals surface area contributed by atoms with Gasteiger partial charge in [-0.1, -0.05) is 68.5 Å². The molecule has 0 spiro atoms. The third-order valence-corrected chi connectivity index (χ3v) is 7.21. The molecule has 36 heavy (non-hydrogen) atoms. The number of benzene rings is 2. The molecule has 0 heterocycles. The first kappa shape index (κ1) is 28.0. The van der Waals surface area contributed by atoms with Gasteiger partial charge in [-0.3, -0.25) is 4.90 Å². The Hall–Kier alpha value is -2.57. The second-order valence-electron chi connectivity index (χ2n) is 11.2. The molecule has 6 heteroatoms. The summed E-state index contributed by atoms with van der Waals surface area (Å²) in [5.74, 6) is 1.52. The minimum Gasteiger partial charge on any atom is -0.497 e. The van der Waals surface area contributed by atoms with Crippen LogP contribution in [0.3, 0.4) is 0 Å². The molecule has 1 aliphatic carbocycles. The minimum absolute atomic E-state index is 0.281. The number of rotatable bonds is 11. The standard InChI is InChI=1S/C30H44N2O4/c1-30(2,3)32(29(34)35)27(28(33)21-31-20-25-14-9-15-26(18-25)36-4)19-24-13-8-12-23(17-24)16-22-10-6-5-7-11-22/h8-9,12-15,17-18,22,27-28,31,33H,5-7,10-11,16,19-21H2,1-4H3,(H,34,35)/t27-,28+/m0/s1. The quantitative estimate of drug-likeness (QED) is 0.374. The SMILES string of the molecule is COc1cccc(CNC[C@@H](O)[C@H](Cc2cccc(CC3CCCCC3)c2)N(C(=O)O)C(C)(C)C)c1. The van der Waals surface area contributed by atoms with Crippen molar-refractivity contribution >= 4 is 6.09 Å². The van der Waals surface area contributed by atoms with Crippen molar-refractivity contribution in [1.82, 2.24) is 10.2 Å². The Morgan fingerprint density at radius 3 is 2.39 bits per heavy atom. The van der Waals surface area contributed by atoms with Crippen LogP contribution in [0.2, 0.25) is 0 Å². The van der Waals surface area contributed by atoms with E-state index in [1.165, 1.54) is 42.6 Å². The summed E-state index contributed by atoms with van der Waals surface area (Å²) in [5.41, 5.74) is 2.76. The highest BCUT2D eigenvalue weighted by molar-refractivity contribution is 5.66. The number of amides is 1. The van der Waals surface area contributed by atoms with E-state index in [0.29, 0.717) is 13.0 Å². The fourth-order valence-electron chi connectivity index (χ4n) is 5.46. The molecule has 3 rings (SSSR count). The first-order valence-corrected chi connectivity index (χ1v) is 13.3. The summed E-state index contributed by atoms with van der Waals surface area (Å²) in [5, 5.41) is 24.7. The summed E-state index contributed by atoms with van der Waals surface area (Å²) < 4.78 is 5.29. The lowest BCUT2D eigenvalue weighted by atomic mass is 9.84. The molecule has 1 fully saturated rings. The van der Waals surface area contributed by atoms with E-state index in [2.05, 4.69) is 29.6 Å². The number of nitrogens with one attached hydrogen (secondary N) is 1. The van der Waals surface area contributed by atoms with Gasteiger partial charge in [0.2, 0.25) is 0 Å². The Kier molecular flexibility index (Phi) is 10.2. The highest BCUT2D eigenvalue weighted by atomic mass is 16.5. The molecule has 3 N–H and O–H groups in total. The molecule has 2 aromatic rings. The highest BCUT2D eigenvalue weighted by Gasteiger charge is 2.37. The van der Waals surface area contributed by atoms with Crippen molar-refractivity contribution in [3.8, 4) is 5.75 Å². The molecular formula is C30H44N2O4. The van der Waals surface area contributed by atoms with Crippen LogP contribution >= 0.6 is 0 Å².